The largest absolute Gasteiger partial charge is 0.349 e. The highest BCUT2D eigenvalue weighted by molar-refractivity contribution is 6.07. The molecule has 1 fully saturated rings. The fourth-order valence-electron chi connectivity index (χ4n) is 3.25. The molecule has 1 aliphatic rings. The smallest absolute Gasteiger partial charge is 0.252 e. The van der Waals surface area contributed by atoms with E-state index >= 15 is 0 Å². The van der Waals surface area contributed by atoms with Gasteiger partial charge in [-0.3, -0.25) is 14.5 Å². The van der Waals surface area contributed by atoms with E-state index < -0.39 is 0 Å². The van der Waals surface area contributed by atoms with Gasteiger partial charge in [-0.1, -0.05) is 36.4 Å². The van der Waals surface area contributed by atoms with Gasteiger partial charge in [-0.2, -0.15) is 0 Å². The second-order valence-corrected chi connectivity index (χ2v) is 6.84. The minimum absolute atomic E-state index is 0.0142. The van der Waals surface area contributed by atoms with Gasteiger partial charge in [0, 0.05) is 38.8 Å². The number of rotatable bonds is 4. The van der Waals surface area contributed by atoms with Gasteiger partial charge in [0.15, 0.2) is 0 Å². The van der Waals surface area contributed by atoms with Gasteiger partial charge in [0.05, 0.1) is 6.54 Å². The highest BCUT2D eigenvalue weighted by Crippen LogP contribution is 2.19. The molecular weight excluding hydrogens is 314 g/mol. The van der Waals surface area contributed by atoms with Crippen molar-refractivity contribution in [3.63, 3.8) is 0 Å². The predicted molar refractivity (Wildman–Crippen MR) is 99.6 cm³/mol. The Kier molecular flexibility index (Phi) is 5.34. The van der Waals surface area contributed by atoms with E-state index in [1.165, 1.54) is 0 Å². The number of piperidine rings is 1. The average Bonchev–Trinajstić information content (AvgIpc) is 2.62. The van der Waals surface area contributed by atoms with Crippen molar-refractivity contribution >= 4 is 22.6 Å². The Labute approximate surface area is 148 Å². The van der Waals surface area contributed by atoms with Crippen LogP contribution in [0.2, 0.25) is 0 Å². The van der Waals surface area contributed by atoms with Crippen molar-refractivity contribution in [1.82, 2.24) is 15.1 Å². The first-order chi connectivity index (χ1) is 12.0. The fraction of sp³-hybridized carbons (Fsp3) is 0.400. The quantitative estimate of drug-likeness (QED) is 0.928. The lowest BCUT2D eigenvalue weighted by Gasteiger charge is -2.32. The molecule has 2 aromatic carbocycles. The first-order valence-electron chi connectivity index (χ1n) is 8.76. The molecule has 0 unspecified atom stereocenters. The summed E-state index contributed by atoms with van der Waals surface area (Å²) in [6.07, 6.45) is 1.74. The number of likely N-dealkylation sites (N-methyl/N-ethyl adjacent to an activating group) is 1. The fourth-order valence-corrected chi connectivity index (χ4v) is 3.25. The third-order valence-corrected chi connectivity index (χ3v) is 4.81. The molecule has 0 saturated carbocycles. The highest BCUT2D eigenvalue weighted by atomic mass is 16.2. The number of nitrogens with zero attached hydrogens (tertiary/aromatic N) is 2. The number of fused-ring (bicyclic) bond motifs is 1. The van der Waals surface area contributed by atoms with E-state index in [1.807, 2.05) is 42.5 Å². The maximum Gasteiger partial charge on any atom is 0.252 e. The lowest BCUT2D eigenvalue weighted by molar-refractivity contribution is -0.130. The first kappa shape index (κ1) is 17.4. The molecule has 2 amide bonds. The van der Waals surface area contributed by atoms with Crippen molar-refractivity contribution in [2.75, 3.05) is 33.7 Å². The zero-order valence-electron chi connectivity index (χ0n) is 14.9. The second kappa shape index (κ2) is 7.66. The van der Waals surface area contributed by atoms with E-state index in [1.54, 1.807) is 19.0 Å². The Balaban J connectivity index is 1.58. The Morgan fingerprint density at radius 2 is 1.76 bits per heavy atom. The molecular formula is C20H25N3O2. The van der Waals surface area contributed by atoms with E-state index in [4.69, 9.17) is 0 Å². The predicted octanol–water partition coefficient (Wildman–Crippen LogP) is 2.12. The molecule has 0 spiro atoms. The van der Waals surface area contributed by atoms with Gasteiger partial charge in [0.1, 0.15) is 0 Å². The van der Waals surface area contributed by atoms with Gasteiger partial charge in [-0.15, -0.1) is 0 Å². The van der Waals surface area contributed by atoms with Crippen molar-refractivity contribution in [3.8, 4) is 0 Å². The van der Waals surface area contributed by atoms with E-state index in [-0.39, 0.29) is 17.9 Å². The standard InChI is InChI=1S/C20H25N3O2/c1-22(2)19(24)14-23-12-10-16(11-13-23)21-20(25)18-9-5-7-15-6-3-4-8-17(15)18/h3-9,16H,10-14H2,1-2H3,(H,21,25). The molecule has 1 saturated heterocycles. The maximum atomic E-state index is 12.7. The van der Waals surface area contributed by atoms with Crippen LogP contribution >= 0.6 is 0 Å². The Morgan fingerprint density at radius 3 is 2.48 bits per heavy atom. The minimum Gasteiger partial charge on any atom is -0.349 e. The SMILES string of the molecule is CN(C)C(=O)CN1CCC(NC(=O)c2cccc3ccccc23)CC1. The number of likely N-dealkylation sites (tertiary alicyclic amines) is 1. The van der Waals surface area contributed by atoms with E-state index in [2.05, 4.69) is 10.2 Å². The Hall–Kier alpha value is -2.40. The zero-order valence-corrected chi connectivity index (χ0v) is 14.9. The number of amides is 2. The van der Waals surface area contributed by atoms with Crippen molar-refractivity contribution in [3.05, 3.63) is 48.0 Å². The molecule has 0 aliphatic carbocycles. The van der Waals surface area contributed by atoms with Crippen LogP contribution in [-0.2, 0) is 4.79 Å². The summed E-state index contributed by atoms with van der Waals surface area (Å²) in [5.41, 5.74) is 0.725. The second-order valence-electron chi connectivity index (χ2n) is 6.84. The van der Waals surface area contributed by atoms with Crippen molar-refractivity contribution in [2.24, 2.45) is 0 Å². The van der Waals surface area contributed by atoms with Crippen molar-refractivity contribution < 1.29 is 9.59 Å². The monoisotopic (exact) mass is 339 g/mol. The Morgan fingerprint density at radius 1 is 1.08 bits per heavy atom. The average molecular weight is 339 g/mol. The van der Waals surface area contributed by atoms with E-state index in [0.29, 0.717) is 6.54 Å². The van der Waals surface area contributed by atoms with Crippen molar-refractivity contribution in [1.29, 1.82) is 0 Å². The normalized spacial score (nSPS) is 15.9. The lowest BCUT2D eigenvalue weighted by Crippen LogP contribution is -2.47. The van der Waals surface area contributed by atoms with Crippen LogP contribution in [0.5, 0.6) is 0 Å². The molecule has 3 rings (SSSR count). The molecule has 5 heteroatoms. The van der Waals surface area contributed by atoms with Crippen LogP contribution in [-0.4, -0.2) is 61.4 Å². The summed E-state index contributed by atoms with van der Waals surface area (Å²) in [6, 6.07) is 13.9. The van der Waals surface area contributed by atoms with Crippen LogP contribution in [0.4, 0.5) is 0 Å². The van der Waals surface area contributed by atoms with Gasteiger partial charge in [-0.25, -0.2) is 0 Å². The van der Waals surface area contributed by atoms with Crippen LogP contribution < -0.4 is 5.32 Å². The van der Waals surface area contributed by atoms with Crippen LogP contribution in [0.25, 0.3) is 10.8 Å². The topological polar surface area (TPSA) is 52.7 Å². The van der Waals surface area contributed by atoms with Crippen molar-refractivity contribution in [2.45, 2.75) is 18.9 Å². The summed E-state index contributed by atoms with van der Waals surface area (Å²) < 4.78 is 0. The molecule has 0 bridgehead atoms. The van der Waals surface area contributed by atoms with Gasteiger partial charge in [0.25, 0.3) is 5.91 Å². The lowest BCUT2D eigenvalue weighted by atomic mass is 10.0. The van der Waals surface area contributed by atoms with Gasteiger partial charge < -0.3 is 10.2 Å². The summed E-state index contributed by atoms with van der Waals surface area (Å²) in [4.78, 5) is 28.3. The summed E-state index contributed by atoms with van der Waals surface area (Å²) >= 11 is 0. The number of hydrogen-bond donors (Lipinski definition) is 1. The molecule has 2 aromatic rings. The number of benzene rings is 2. The highest BCUT2D eigenvalue weighted by Gasteiger charge is 2.23. The Bertz CT molecular complexity index is 759. The van der Waals surface area contributed by atoms with E-state index in [9.17, 15) is 9.59 Å². The molecule has 132 valence electrons. The third-order valence-electron chi connectivity index (χ3n) is 4.81. The number of hydrogen-bond acceptors (Lipinski definition) is 3. The molecule has 0 aromatic heterocycles. The summed E-state index contributed by atoms with van der Waals surface area (Å²) in [6.45, 7) is 2.12. The molecule has 1 aliphatic heterocycles. The summed E-state index contributed by atoms with van der Waals surface area (Å²) in [5, 5.41) is 5.22. The summed E-state index contributed by atoms with van der Waals surface area (Å²) in [7, 11) is 3.55. The zero-order chi connectivity index (χ0) is 17.8. The number of carbonyl (C=O) groups excluding carboxylic acids is 2. The van der Waals surface area contributed by atoms with Crippen LogP contribution in [0.3, 0.4) is 0 Å². The third kappa shape index (κ3) is 4.17. The first-order valence-corrected chi connectivity index (χ1v) is 8.76. The molecule has 1 N–H and O–H groups in total. The molecule has 25 heavy (non-hydrogen) atoms. The summed E-state index contributed by atoms with van der Waals surface area (Å²) in [5.74, 6) is 0.109. The van der Waals surface area contributed by atoms with Gasteiger partial charge in [0.2, 0.25) is 5.91 Å². The molecule has 0 atom stereocenters. The van der Waals surface area contributed by atoms with Crippen LogP contribution in [0.15, 0.2) is 42.5 Å². The molecule has 5 nitrogen and oxygen atoms in total. The number of nitrogens with one attached hydrogen (secondary N) is 1. The molecule has 1 heterocycles. The van der Waals surface area contributed by atoms with Crippen LogP contribution in [0, 0.1) is 0 Å². The molecule has 0 radical (unpaired) electrons. The maximum absolute atomic E-state index is 12.7. The number of carbonyl (C=O) groups is 2. The van der Waals surface area contributed by atoms with Gasteiger partial charge in [-0.05, 0) is 29.7 Å². The van der Waals surface area contributed by atoms with Crippen LogP contribution in [0.1, 0.15) is 23.2 Å². The minimum atomic E-state index is -0.0142. The van der Waals surface area contributed by atoms with E-state index in [0.717, 1.165) is 42.3 Å². The van der Waals surface area contributed by atoms with Gasteiger partial charge >= 0.3 is 0 Å².